The van der Waals surface area contributed by atoms with Crippen LogP contribution >= 0.6 is 0 Å². The molecule has 1 aromatic rings. The zero-order valence-corrected chi connectivity index (χ0v) is 10.00. The van der Waals surface area contributed by atoms with Crippen LogP contribution in [0.25, 0.3) is 0 Å². The lowest BCUT2D eigenvalue weighted by Gasteiger charge is -2.24. The Labute approximate surface area is 103 Å². The molecule has 0 radical (unpaired) electrons. The van der Waals surface area contributed by atoms with Crippen molar-refractivity contribution in [2.45, 2.75) is 25.2 Å². The van der Waals surface area contributed by atoms with Crippen molar-refractivity contribution in [1.29, 1.82) is 0 Å². The molecular formula is C11H16N2O5. The Morgan fingerprint density at radius 2 is 2.17 bits per heavy atom. The number of aliphatic hydroxyl groups excluding tert-OH is 2. The van der Waals surface area contributed by atoms with Crippen LogP contribution in [0, 0.1) is 5.92 Å². The van der Waals surface area contributed by atoms with Crippen molar-refractivity contribution < 1.29 is 14.9 Å². The summed E-state index contributed by atoms with van der Waals surface area (Å²) in [4.78, 5) is 24.8. The third kappa shape index (κ3) is 2.12. The Morgan fingerprint density at radius 3 is 2.67 bits per heavy atom. The fraction of sp³-hybridized carbons (Fsp3) is 0.636. The molecule has 1 aliphatic rings. The minimum Gasteiger partial charge on any atom is -0.393 e. The van der Waals surface area contributed by atoms with E-state index in [1.54, 1.807) is 0 Å². The van der Waals surface area contributed by atoms with Crippen LogP contribution in [0.1, 0.15) is 19.6 Å². The van der Waals surface area contributed by atoms with Gasteiger partial charge in [0.2, 0.25) is 0 Å². The average Bonchev–Trinajstić information content (AvgIpc) is 2.67. The van der Waals surface area contributed by atoms with Gasteiger partial charge in [0.25, 0.3) is 5.56 Å². The summed E-state index contributed by atoms with van der Waals surface area (Å²) in [5.74, 6) is -0.0621. The highest BCUT2D eigenvalue weighted by molar-refractivity contribution is 4.93. The van der Waals surface area contributed by atoms with Crippen LogP contribution in [-0.2, 0) is 4.74 Å². The SMILES string of the molecule is C[C@H]1CC(CO)(CO)O[C@H]1n1ccc(=O)[nH]c1=O. The van der Waals surface area contributed by atoms with E-state index in [2.05, 4.69) is 4.98 Å². The lowest BCUT2D eigenvalue weighted by Crippen LogP contribution is -2.39. The number of aromatic amines is 1. The van der Waals surface area contributed by atoms with Gasteiger partial charge in [-0.3, -0.25) is 14.3 Å². The number of aliphatic hydroxyl groups is 2. The molecule has 0 saturated carbocycles. The first-order valence-electron chi connectivity index (χ1n) is 5.72. The number of nitrogens with one attached hydrogen (secondary N) is 1. The molecule has 0 aromatic carbocycles. The molecule has 3 N–H and O–H groups in total. The average molecular weight is 256 g/mol. The molecule has 2 heterocycles. The van der Waals surface area contributed by atoms with Gasteiger partial charge >= 0.3 is 5.69 Å². The zero-order valence-electron chi connectivity index (χ0n) is 10.00. The van der Waals surface area contributed by atoms with Crippen LogP contribution in [0.4, 0.5) is 0 Å². The van der Waals surface area contributed by atoms with Crippen molar-refractivity contribution in [2.75, 3.05) is 13.2 Å². The largest absolute Gasteiger partial charge is 0.393 e. The Balaban J connectivity index is 2.35. The Morgan fingerprint density at radius 1 is 1.50 bits per heavy atom. The highest BCUT2D eigenvalue weighted by atomic mass is 16.6. The molecular weight excluding hydrogens is 240 g/mol. The van der Waals surface area contributed by atoms with E-state index >= 15 is 0 Å². The van der Waals surface area contributed by atoms with E-state index in [4.69, 9.17) is 4.74 Å². The van der Waals surface area contributed by atoms with Crippen molar-refractivity contribution in [3.05, 3.63) is 33.1 Å². The van der Waals surface area contributed by atoms with E-state index in [0.29, 0.717) is 6.42 Å². The highest BCUT2D eigenvalue weighted by Gasteiger charge is 2.45. The molecule has 2 atom stereocenters. The lowest BCUT2D eigenvalue weighted by atomic mass is 9.96. The van der Waals surface area contributed by atoms with Crippen LogP contribution in [-0.4, -0.2) is 38.6 Å². The summed E-state index contributed by atoms with van der Waals surface area (Å²) in [7, 11) is 0. The van der Waals surface area contributed by atoms with E-state index < -0.39 is 23.1 Å². The van der Waals surface area contributed by atoms with Crippen LogP contribution in [0.3, 0.4) is 0 Å². The zero-order chi connectivity index (χ0) is 13.3. The number of hydrogen-bond acceptors (Lipinski definition) is 5. The standard InChI is InChI=1S/C11H16N2O5/c1-7-4-11(5-14,6-15)18-9(7)13-3-2-8(16)12-10(13)17/h2-3,7,9,14-15H,4-6H2,1H3,(H,12,16,17)/t7-,9+/m0/s1. The van der Waals surface area contributed by atoms with Gasteiger partial charge in [0, 0.05) is 18.2 Å². The second kappa shape index (κ2) is 4.68. The van der Waals surface area contributed by atoms with Gasteiger partial charge in [-0.25, -0.2) is 4.79 Å². The minimum atomic E-state index is -1.03. The maximum Gasteiger partial charge on any atom is 0.330 e. The van der Waals surface area contributed by atoms with Gasteiger partial charge in [-0.2, -0.15) is 0 Å². The second-order valence-corrected chi connectivity index (χ2v) is 4.71. The number of H-pyrrole nitrogens is 1. The summed E-state index contributed by atoms with van der Waals surface area (Å²) in [6.45, 7) is 1.22. The van der Waals surface area contributed by atoms with Crippen LogP contribution in [0.2, 0.25) is 0 Å². The van der Waals surface area contributed by atoms with E-state index in [1.165, 1.54) is 16.8 Å². The molecule has 1 aliphatic heterocycles. The normalized spacial score (nSPS) is 26.4. The van der Waals surface area contributed by atoms with Crippen molar-refractivity contribution in [2.24, 2.45) is 5.92 Å². The van der Waals surface area contributed by atoms with Crippen LogP contribution < -0.4 is 11.2 Å². The van der Waals surface area contributed by atoms with Gasteiger partial charge in [-0.1, -0.05) is 6.92 Å². The van der Waals surface area contributed by atoms with Gasteiger partial charge in [-0.05, 0) is 6.42 Å². The summed E-state index contributed by atoms with van der Waals surface area (Å²) < 4.78 is 6.87. The maximum atomic E-state index is 11.7. The fourth-order valence-corrected chi connectivity index (χ4v) is 2.32. The van der Waals surface area contributed by atoms with Crippen LogP contribution in [0.15, 0.2) is 21.9 Å². The van der Waals surface area contributed by atoms with Crippen molar-refractivity contribution in [3.8, 4) is 0 Å². The topological polar surface area (TPSA) is 105 Å². The first kappa shape index (κ1) is 13.0. The fourth-order valence-electron chi connectivity index (χ4n) is 2.32. The Hall–Kier alpha value is -1.44. The molecule has 0 amide bonds. The van der Waals surface area contributed by atoms with Gasteiger partial charge < -0.3 is 14.9 Å². The third-order valence-corrected chi connectivity index (χ3v) is 3.25. The summed E-state index contributed by atoms with van der Waals surface area (Å²) in [6, 6.07) is 1.23. The predicted octanol–water partition coefficient (Wildman–Crippen LogP) is -1.19. The first-order valence-corrected chi connectivity index (χ1v) is 5.72. The summed E-state index contributed by atoms with van der Waals surface area (Å²) in [6.07, 6.45) is 1.19. The van der Waals surface area contributed by atoms with E-state index in [1.807, 2.05) is 6.92 Å². The number of ether oxygens (including phenoxy) is 1. The number of hydrogen-bond donors (Lipinski definition) is 3. The molecule has 1 aromatic heterocycles. The van der Waals surface area contributed by atoms with Gasteiger partial charge in [-0.15, -0.1) is 0 Å². The molecule has 2 rings (SSSR count). The lowest BCUT2D eigenvalue weighted by molar-refractivity contribution is -0.125. The molecule has 7 nitrogen and oxygen atoms in total. The molecule has 18 heavy (non-hydrogen) atoms. The number of rotatable bonds is 3. The van der Waals surface area contributed by atoms with E-state index in [0.717, 1.165) is 0 Å². The maximum absolute atomic E-state index is 11.7. The van der Waals surface area contributed by atoms with Gasteiger partial charge in [0.1, 0.15) is 11.8 Å². The van der Waals surface area contributed by atoms with E-state index in [-0.39, 0.29) is 19.1 Å². The van der Waals surface area contributed by atoms with Crippen molar-refractivity contribution in [1.82, 2.24) is 9.55 Å². The van der Waals surface area contributed by atoms with Crippen molar-refractivity contribution >= 4 is 0 Å². The predicted molar refractivity (Wildman–Crippen MR) is 62.1 cm³/mol. The quantitative estimate of drug-likeness (QED) is 0.631. The highest BCUT2D eigenvalue weighted by Crippen LogP contribution is 2.39. The van der Waals surface area contributed by atoms with Gasteiger partial charge in [0.15, 0.2) is 0 Å². The Kier molecular flexibility index (Phi) is 3.38. The molecule has 7 heteroatoms. The van der Waals surface area contributed by atoms with E-state index in [9.17, 15) is 19.8 Å². The molecule has 0 aliphatic carbocycles. The smallest absolute Gasteiger partial charge is 0.330 e. The van der Waals surface area contributed by atoms with Crippen LogP contribution in [0.5, 0.6) is 0 Å². The molecule has 0 unspecified atom stereocenters. The summed E-state index contributed by atoms with van der Waals surface area (Å²) in [5.41, 5.74) is -2.07. The minimum absolute atomic E-state index is 0.0621. The molecule has 1 fully saturated rings. The molecule has 100 valence electrons. The third-order valence-electron chi connectivity index (χ3n) is 3.25. The first-order chi connectivity index (χ1) is 8.51. The second-order valence-electron chi connectivity index (χ2n) is 4.71. The molecule has 0 bridgehead atoms. The Bertz CT molecular complexity index is 531. The van der Waals surface area contributed by atoms with Gasteiger partial charge in [0.05, 0.1) is 13.2 Å². The summed E-state index contributed by atoms with van der Waals surface area (Å²) in [5, 5.41) is 18.6. The number of nitrogens with zero attached hydrogens (tertiary/aromatic N) is 1. The molecule has 1 saturated heterocycles. The number of aromatic nitrogens is 2. The monoisotopic (exact) mass is 256 g/mol. The molecule has 0 spiro atoms. The summed E-state index contributed by atoms with van der Waals surface area (Å²) >= 11 is 0. The van der Waals surface area contributed by atoms with Crippen molar-refractivity contribution in [3.63, 3.8) is 0 Å².